The first-order valence-electron chi connectivity index (χ1n) is 4.84. The van der Waals surface area contributed by atoms with E-state index in [0.29, 0.717) is 6.54 Å². The second-order valence-electron chi connectivity index (χ2n) is 3.57. The van der Waals surface area contributed by atoms with Crippen molar-refractivity contribution >= 4 is 0 Å². The summed E-state index contributed by atoms with van der Waals surface area (Å²) in [5, 5.41) is 16.4. The maximum atomic E-state index is 9.06. The Labute approximate surface area is 84.5 Å². The highest BCUT2D eigenvalue weighted by molar-refractivity contribution is 5.03. The van der Waals surface area contributed by atoms with Crippen molar-refractivity contribution in [2.75, 3.05) is 6.54 Å². The van der Waals surface area contributed by atoms with Gasteiger partial charge in [-0.05, 0) is 26.0 Å². The van der Waals surface area contributed by atoms with Crippen LogP contribution in [-0.4, -0.2) is 21.9 Å². The van der Waals surface area contributed by atoms with Crippen LogP contribution in [0.5, 0.6) is 0 Å². The zero-order valence-corrected chi connectivity index (χ0v) is 8.70. The van der Waals surface area contributed by atoms with Gasteiger partial charge in [0.05, 0.1) is 12.6 Å². The van der Waals surface area contributed by atoms with Crippen LogP contribution >= 0.6 is 0 Å². The summed E-state index contributed by atoms with van der Waals surface area (Å²) in [6.07, 6.45) is 4.61. The molecular weight excluding hydrogens is 176 g/mol. The normalized spacial score (nSPS) is 14.6. The Morgan fingerprint density at radius 3 is 2.93 bits per heavy atom. The van der Waals surface area contributed by atoms with Gasteiger partial charge < -0.3 is 0 Å². The summed E-state index contributed by atoms with van der Waals surface area (Å²) in [4.78, 5) is 0. The van der Waals surface area contributed by atoms with Gasteiger partial charge in [-0.15, -0.1) is 0 Å². The van der Waals surface area contributed by atoms with Crippen LogP contribution in [0, 0.1) is 11.3 Å². The van der Waals surface area contributed by atoms with E-state index in [1.807, 2.05) is 19.2 Å². The van der Waals surface area contributed by atoms with Crippen LogP contribution in [0.1, 0.15) is 20.3 Å². The molecule has 0 saturated carbocycles. The van der Waals surface area contributed by atoms with Crippen molar-refractivity contribution in [1.29, 1.82) is 5.26 Å². The van der Waals surface area contributed by atoms with Crippen LogP contribution in [0.3, 0.4) is 0 Å². The maximum absolute atomic E-state index is 9.06. The topological polar surface area (TPSA) is 53.6 Å². The molecule has 0 aliphatic heterocycles. The number of nitriles is 1. The van der Waals surface area contributed by atoms with E-state index in [-0.39, 0.29) is 0 Å². The van der Waals surface area contributed by atoms with Gasteiger partial charge in [0.25, 0.3) is 0 Å². The molecular formula is C10H16N4. The van der Waals surface area contributed by atoms with Crippen molar-refractivity contribution in [3.63, 3.8) is 0 Å². The van der Waals surface area contributed by atoms with E-state index in [4.69, 9.17) is 5.26 Å². The molecule has 1 rings (SSSR count). The standard InChI is InChI=1S/C10H16N4/c1-3-5-12-10(2,8-11)9-14-7-4-6-13-14/h4,6-7,12H,3,5,9H2,1-2H3. The third-order valence-electron chi connectivity index (χ3n) is 2.05. The van der Waals surface area contributed by atoms with E-state index in [9.17, 15) is 0 Å². The Kier molecular flexibility index (Phi) is 3.66. The Bertz CT molecular complexity index is 298. The van der Waals surface area contributed by atoms with Crippen LogP contribution < -0.4 is 5.32 Å². The van der Waals surface area contributed by atoms with E-state index < -0.39 is 5.54 Å². The molecule has 0 bridgehead atoms. The highest BCUT2D eigenvalue weighted by Crippen LogP contribution is 2.05. The number of nitrogens with zero attached hydrogens (tertiary/aromatic N) is 3. The first-order valence-corrected chi connectivity index (χ1v) is 4.84. The molecule has 4 heteroatoms. The average Bonchev–Trinajstić information content (AvgIpc) is 2.67. The largest absolute Gasteiger partial charge is 0.298 e. The number of rotatable bonds is 5. The number of nitrogens with one attached hydrogen (secondary N) is 1. The van der Waals surface area contributed by atoms with Gasteiger partial charge in [0.1, 0.15) is 5.54 Å². The molecule has 1 aromatic heterocycles. The van der Waals surface area contributed by atoms with E-state index in [1.165, 1.54) is 0 Å². The molecule has 0 fully saturated rings. The van der Waals surface area contributed by atoms with Crippen molar-refractivity contribution in [2.45, 2.75) is 32.4 Å². The van der Waals surface area contributed by atoms with Crippen LogP contribution in [-0.2, 0) is 6.54 Å². The second kappa shape index (κ2) is 4.77. The fraction of sp³-hybridized carbons (Fsp3) is 0.600. The zero-order chi connectivity index (χ0) is 10.4. The fourth-order valence-corrected chi connectivity index (χ4v) is 1.25. The summed E-state index contributed by atoms with van der Waals surface area (Å²) in [6.45, 7) is 5.41. The zero-order valence-electron chi connectivity index (χ0n) is 8.70. The summed E-state index contributed by atoms with van der Waals surface area (Å²) in [5.41, 5.74) is -0.526. The molecule has 0 amide bonds. The molecule has 0 spiro atoms. The molecule has 1 N–H and O–H groups in total. The first-order chi connectivity index (χ1) is 6.70. The predicted molar refractivity (Wildman–Crippen MR) is 54.5 cm³/mol. The second-order valence-corrected chi connectivity index (χ2v) is 3.57. The third-order valence-corrected chi connectivity index (χ3v) is 2.05. The van der Waals surface area contributed by atoms with Crippen molar-refractivity contribution in [3.8, 4) is 6.07 Å². The molecule has 0 aromatic carbocycles. The lowest BCUT2D eigenvalue weighted by Gasteiger charge is -2.22. The van der Waals surface area contributed by atoms with E-state index in [1.54, 1.807) is 10.9 Å². The fourth-order valence-electron chi connectivity index (χ4n) is 1.25. The average molecular weight is 192 g/mol. The van der Waals surface area contributed by atoms with Gasteiger partial charge in [0.15, 0.2) is 0 Å². The van der Waals surface area contributed by atoms with Gasteiger partial charge in [-0.1, -0.05) is 6.92 Å². The van der Waals surface area contributed by atoms with Gasteiger partial charge in [-0.25, -0.2) is 0 Å². The van der Waals surface area contributed by atoms with Gasteiger partial charge in [0.2, 0.25) is 0 Å². The molecule has 0 aliphatic carbocycles. The van der Waals surface area contributed by atoms with Crippen LogP contribution in [0.4, 0.5) is 0 Å². The van der Waals surface area contributed by atoms with Gasteiger partial charge >= 0.3 is 0 Å². The number of hydrogen-bond acceptors (Lipinski definition) is 3. The van der Waals surface area contributed by atoms with E-state index >= 15 is 0 Å². The van der Waals surface area contributed by atoms with Gasteiger partial charge in [-0.2, -0.15) is 10.4 Å². The molecule has 76 valence electrons. The lowest BCUT2D eigenvalue weighted by atomic mass is 10.1. The molecule has 0 saturated heterocycles. The monoisotopic (exact) mass is 192 g/mol. The first kappa shape index (κ1) is 10.7. The lowest BCUT2D eigenvalue weighted by molar-refractivity contribution is 0.371. The Hall–Kier alpha value is -1.34. The van der Waals surface area contributed by atoms with E-state index in [0.717, 1.165) is 13.0 Å². The van der Waals surface area contributed by atoms with Crippen molar-refractivity contribution < 1.29 is 0 Å². The van der Waals surface area contributed by atoms with Gasteiger partial charge in [-0.3, -0.25) is 10.00 Å². The van der Waals surface area contributed by atoms with Crippen molar-refractivity contribution in [1.82, 2.24) is 15.1 Å². The molecule has 1 aromatic rings. The minimum atomic E-state index is -0.526. The summed E-state index contributed by atoms with van der Waals surface area (Å²) < 4.78 is 1.77. The SMILES string of the molecule is CCCNC(C)(C#N)Cn1cccn1. The Morgan fingerprint density at radius 1 is 1.64 bits per heavy atom. The molecule has 1 unspecified atom stereocenters. The van der Waals surface area contributed by atoms with E-state index in [2.05, 4.69) is 23.4 Å². The van der Waals surface area contributed by atoms with Crippen LogP contribution in [0.2, 0.25) is 0 Å². The van der Waals surface area contributed by atoms with Crippen LogP contribution in [0.25, 0.3) is 0 Å². The Morgan fingerprint density at radius 2 is 2.43 bits per heavy atom. The minimum absolute atomic E-state index is 0.526. The highest BCUT2D eigenvalue weighted by Gasteiger charge is 2.23. The van der Waals surface area contributed by atoms with Crippen LogP contribution in [0.15, 0.2) is 18.5 Å². The third kappa shape index (κ3) is 2.86. The summed E-state index contributed by atoms with van der Waals surface area (Å²) in [5.74, 6) is 0. The molecule has 0 radical (unpaired) electrons. The van der Waals surface area contributed by atoms with Gasteiger partial charge in [0, 0.05) is 12.4 Å². The summed E-state index contributed by atoms with van der Waals surface area (Å²) in [7, 11) is 0. The lowest BCUT2D eigenvalue weighted by Crippen LogP contribution is -2.45. The molecule has 1 heterocycles. The minimum Gasteiger partial charge on any atom is -0.298 e. The van der Waals surface area contributed by atoms with Crippen molar-refractivity contribution in [3.05, 3.63) is 18.5 Å². The molecule has 4 nitrogen and oxygen atoms in total. The highest BCUT2D eigenvalue weighted by atomic mass is 15.3. The molecule has 0 aliphatic rings. The Balaban J connectivity index is 2.58. The quantitative estimate of drug-likeness (QED) is 0.761. The predicted octanol–water partition coefficient (Wildman–Crippen LogP) is 1.16. The molecule has 1 atom stereocenters. The molecule has 14 heavy (non-hydrogen) atoms. The number of aromatic nitrogens is 2. The van der Waals surface area contributed by atoms with Crippen molar-refractivity contribution in [2.24, 2.45) is 0 Å². The summed E-state index contributed by atoms with van der Waals surface area (Å²) in [6, 6.07) is 4.14. The maximum Gasteiger partial charge on any atom is 0.123 e. The summed E-state index contributed by atoms with van der Waals surface area (Å²) >= 11 is 0. The number of hydrogen-bond donors (Lipinski definition) is 1. The smallest absolute Gasteiger partial charge is 0.123 e.